The molecule has 1 fully saturated rings. The van der Waals surface area contributed by atoms with Crippen LogP contribution in [0.3, 0.4) is 0 Å². The van der Waals surface area contributed by atoms with Crippen molar-refractivity contribution in [2.75, 3.05) is 13.1 Å². The smallest absolute Gasteiger partial charge is 0.335 e. The summed E-state index contributed by atoms with van der Waals surface area (Å²) < 4.78 is 0. The fraction of sp³-hybridized carbons (Fsp3) is 0.333. The fourth-order valence-corrected chi connectivity index (χ4v) is 2.66. The monoisotopic (exact) mass is 256 g/mol. The largest absolute Gasteiger partial charge is 0.478 e. The summed E-state index contributed by atoms with van der Waals surface area (Å²) in [6.45, 7) is 2.08. The van der Waals surface area contributed by atoms with Crippen molar-refractivity contribution in [2.24, 2.45) is 0 Å². The van der Waals surface area contributed by atoms with Gasteiger partial charge in [-0.25, -0.2) is 4.79 Å². The second kappa shape index (κ2) is 4.97. The Kier molecular flexibility index (Phi) is 3.17. The average Bonchev–Trinajstić information content (AvgIpc) is 2.47. The zero-order chi connectivity index (χ0) is 13.2. The van der Waals surface area contributed by atoms with E-state index >= 15 is 0 Å². The van der Waals surface area contributed by atoms with Gasteiger partial charge >= 0.3 is 5.97 Å². The van der Waals surface area contributed by atoms with Gasteiger partial charge in [-0.05, 0) is 61.7 Å². The molecule has 1 aromatic heterocycles. The molecule has 0 aliphatic carbocycles. The maximum Gasteiger partial charge on any atom is 0.335 e. The molecule has 1 aliphatic rings. The van der Waals surface area contributed by atoms with Gasteiger partial charge in [-0.3, -0.25) is 4.98 Å². The van der Waals surface area contributed by atoms with Crippen molar-refractivity contribution >= 4 is 16.9 Å². The highest BCUT2D eigenvalue weighted by atomic mass is 16.4. The topological polar surface area (TPSA) is 62.2 Å². The first-order valence-electron chi connectivity index (χ1n) is 6.58. The van der Waals surface area contributed by atoms with E-state index in [0.717, 1.165) is 36.8 Å². The highest BCUT2D eigenvalue weighted by Crippen LogP contribution is 2.27. The molecule has 0 amide bonds. The van der Waals surface area contributed by atoms with E-state index in [2.05, 4.69) is 16.4 Å². The van der Waals surface area contributed by atoms with Gasteiger partial charge in [-0.1, -0.05) is 0 Å². The van der Waals surface area contributed by atoms with Gasteiger partial charge in [0.2, 0.25) is 0 Å². The van der Waals surface area contributed by atoms with Crippen LogP contribution in [0.2, 0.25) is 0 Å². The van der Waals surface area contributed by atoms with E-state index in [0.29, 0.717) is 11.5 Å². The van der Waals surface area contributed by atoms with Crippen LogP contribution in [-0.2, 0) is 0 Å². The number of hydrogen-bond donors (Lipinski definition) is 2. The third-order valence-corrected chi connectivity index (χ3v) is 3.76. The molecule has 0 unspecified atom stereocenters. The molecule has 2 heterocycles. The fourth-order valence-electron chi connectivity index (χ4n) is 2.66. The molecule has 4 nitrogen and oxygen atoms in total. The molecular weight excluding hydrogens is 240 g/mol. The van der Waals surface area contributed by atoms with Crippen LogP contribution in [0, 0.1) is 0 Å². The molecular formula is C15H16N2O2. The number of pyridine rings is 1. The number of aromatic carboxylic acids is 1. The number of nitrogens with zero attached hydrogens (tertiary/aromatic N) is 1. The molecule has 0 spiro atoms. The van der Waals surface area contributed by atoms with Gasteiger partial charge in [0.05, 0.1) is 11.1 Å². The quantitative estimate of drug-likeness (QED) is 0.866. The number of carboxylic acids is 1. The van der Waals surface area contributed by atoms with E-state index in [1.807, 2.05) is 6.20 Å². The van der Waals surface area contributed by atoms with Crippen LogP contribution in [0.4, 0.5) is 0 Å². The second-order valence-corrected chi connectivity index (χ2v) is 5.01. The number of hydrogen-bond acceptors (Lipinski definition) is 3. The number of carboxylic acid groups (broad SMARTS) is 1. The lowest BCUT2D eigenvalue weighted by molar-refractivity contribution is 0.0697. The van der Waals surface area contributed by atoms with Crippen LogP contribution >= 0.6 is 0 Å². The summed E-state index contributed by atoms with van der Waals surface area (Å²) in [6, 6.07) is 7.16. The first-order chi connectivity index (χ1) is 9.24. The van der Waals surface area contributed by atoms with Crippen LogP contribution in [-0.4, -0.2) is 29.1 Å². The van der Waals surface area contributed by atoms with Gasteiger partial charge in [-0.15, -0.1) is 0 Å². The van der Waals surface area contributed by atoms with Crippen molar-refractivity contribution in [3.8, 4) is 0 Å². The van der Waals surface area contributed by atoms with E-state index in [9.17, 15) is 4.79 Å². The van der Waals surface area contributed by atoms with Crippen LogP contribution in [0.15, 0.2) is 30.5 Å². The van der Waals surface area contributed by atoms with Crippen molar-refractivity contribution < 1.29 is 9.90 Å². The molecule has 4 heteroatoms. The Morgan fingerprint density at radius 1 is 1.26 bits per heavy atom. The number of fused-ring (bicyclic) bond motifs is 1. The first kappa shape index (κ1) is 12.1. The number of rotatable bonds is 2. The van der Waals surface area contributed by atoms with Crippen molar-refractivity contribution in [1.29, 1.82) is 0 Å². The third kappa shape index (κ3) is 2.44. The molecule has 2 N–H and O–H groups in total. The maximum absolute atomic E-state index is 11.0. The summed E-state index contributed by atoms with van der Waals surface area (Å²) in [5.41, 5.74) is 2.39. The predicted molar refractivity (Wildman–Crippen MR) is 73.5 cm³/mol. The molecule has 0 radical (unpaired) electrons. The standard InChI is InChI=1S/C15H16N2O2/c18-15(19)11-1-2-14-12(7-11)8-13(9-17-14)10-3-5-16-6-4-10/h1-2,7-10,16H,3-6H2,(H,18,19). The van der Waals surface area contributed by atoms with Crippen molar-refractivity contribution in [2.45, 2.75) is 18.8 Å². The lowest BCUT2D eigenvalue weighted by atomic mass is 9.90. The van der Waals surface area contributed by atoms with Crippen molar-refractivity contribution in [3.63, 3.8) is 0 Å². The number of piperidine rings is 1. The zero-order valence-electron chi connectivity index (χ0n) is 10.6. The molecule has 19 heavy (non-hydrogen) atoms. The lowest BCUT2D eigenvalue weighted by Crippen LogP contribution is -2.26. The Morgan fingerprint density at radius 3 is 2.79 bits per heavy atom. The summed E-state index contributed by atoms with van der Waals surface area (Å²) in [6.07, 6.45) is 4.16. The molecule has 0 saturated carbocycles. The summed E-state index contributed by atoms with van der Waals surface area (Å²) >= 11 is 0. The van der Waals surface area contributed by atoms with Gasteiger partial charge in [0.15, 0.2) is 0 Å². The van der Waals surface area contributed by atoms with Gasteiger partial charge < -0.3 is 10.4 Å². The third-order valence-electron chi connectivity index (χ3n) is 3.76. The minimum Gasteiger partial charge on any atom is -0.478 e. The number of carbonyl (C=O) groups is 1. The molecule has 2 aromatic rings. The minimum absolute atomic E-state index is 0.316. The highest BCUT2D eigenvalue weighted by molar-refractivity contribution is 5.93. The molecule has 0 bridgehead atoms. The Morgan fingerprint density at radius 2 is 2.05 bits per heavy atom. The summed E-state index contributed by atoms with van der Waals surface area (Å²) in [7, 11) is 0. The van der Waals surface area contributed by atoms with Crippen LogP contribution < -0.4 is 5.32 Å². The summed E-state index contributed by atoms with van der Waals surface area (Å²) in [5, 5.41) is 13.3. The van der Waals surface area contributed by atoms with E-state index < -0.39 is 5.97 Å². The molecule has 1 aromatic carbocycles. The zero-order valence-corrected chi connectivity index (χ0v) is 10.6. The van der Waals surface area contributed by atoms with Crippen LogP contribution in [0.1, 0.15) is 34.7 Å². The van der Waals surface area contributed by atoms with E-state index in [-0.39, 0.29) is 0 Å². The van der Waals surface area contributed by atoms with Gasteiger partial charge in [0.25, 0.3) is 0 Å². The summed E-state index contributed by atoms with van der Waals surface area (Å²) in [5.74, 6) is -0.360. The predicted octanol–water partition coefficient (Wildman–Crippen LogP) is 2.40. The Bertz CT molecular complexity index is 619. The van der Waals surface area contributed by atoms with E-state index in [4.69, 9.17) is 5.11 Å². The van der Waals surface area contributed by atoms with Gasteiger partial charge in [0.1, 0.15) is 0 Å². The first-order valence-corrected chi connectivity index (χ1v) is 6.58. The summed E-state index contributed by atoms with van der Waals surface area (Å²) in [4.78, 5) is 15.4. The number of aromatic nitrogens is 1. The van der Waals surface area contributed by atoms with E-state index in [1.165, 1.54) is 5.56 Å². The molecule has 3 rings (SSSR count). The minimum atomic E-state index is -0.894. The van der Waals surface area contributed by atoms with Gasteiger partial charge in [0, 0.05) is 11.6 Å². The number of nitrogens with one attached hydrogen (secondary N) is 1. The van der Waals surface area contributed by atoms with Crippen LogP contribution in [0.5, 0.6) is 0 Å². The molecule has 1 saturated heterocycles. The maximum atomic E-state index is 11.0. The number of benzene rings is 1. The Balaban J connectivity index is 2.00. The SMILES string of the molecule is O=C(O)c1ccc2ncc(C3CCNCC3)cc2c1. The Hall–Kier alpha value is -1.94. The normalized spacial score (nSPS) is 16.6. The average molecular weight is 256 g/mol. The lowest BCUT2D eigenvalue weighted by Gasteiger charge is -2.22. The van der Waals surface area contributed by atoms with Crippen molar-refractivity contribution in [1.82, 2.24) is 10.3 Å². The molecule has 98 valence electrons. The van der Waals surface area contributed by atoms with E-state index in [1.54, 1.807) is 18.2 Å². The molecule has 1 aliphatic heterocycles. The Labute approximate surface area is 111 Å². The highest BCUT2D eigenvalue weighted by Gasteiger charge is 2.16. The second-order valence-electron chi connectivity index (χ2n) is 5.01. The van der Waals surface area contributed by atoms with Gasteiger partial charge in [-0.2, -0.15) is 0 Å². The van der Waals surface area contributed by atoms with Crippen LogP contribution in [0.25, 0.3) is 10.9 Å². The molecule has 0 atom stereocenters. The van der Waals surface area contributed by atoms with Crippen molar-refractivity contribution in [3.05, 3.63) is 41.6 Å².